The van der Waals surface area contributed by atoms with Gasteiger partial charge in [0.05, 0.1) is 23.3 Å². The summed E-state index contributed by atoms with van der Waals surface area (Å²) >= 11 is 0. The van der Waals surface area contributed by atoms with E-state index < -0.39 is 24.1 Å². The molecule has 0 amide bonds. The van der Waals surface area contributed by atoms with Crippen LogP contribution in [-0.2, 0) is 0 Å². The molecule has 0 radical (unpaired) electrons. The first-order chi connectivity index (χ1) is 14.1. The lowest BCUT2D eigenvalue weighted by atomic mass is 9.80. The van der Waals surface area contributed by atoms with Gasteiger partial charge in [-0.3, -0.25) is 0 Å². The minimum atomic E-state index is -0.879. The Morgan fingerprint density at radius 1 is 0.710 bits per heavy atom. The summed E-state index contributed by atoms with van der Waals surface area (Å²) in [5.74, 6) is -1.76. The third-order valence-electron chi connectivity index (χ3n) is 4.11. The highest BCUT2D eigenvalue weighted by molar-refractivity contribution is 5.87. The van der Waals surface area contributed by atoms with Crippen molar-refractivity contribution < 1.29 is 30.0 Å². The van der Waals surface area contributed by atoms with Crippen molar-refractivity contribution in [3.05, 3.63) is 71.8 Å². The Hall–Kier alpha value is -2.70. The molecule has 2 unspecified atom stereocenters. The Labute approximate surface area is 185 Å². The molecule has 0 bridgehead atoms. The summed E-state index contributed by atoms with van der Waals surface area (Å²) in [5, 5.41) is 36.3. The van der Waals surface area contributed by atoms with E-state index in [-0.39, 0.29) is 10.8 Å². The highest BCUT2D eigenvalue weighted by Gasteiger charge is 2.31. The summed E-state index contributed by atoms with van der Waals surface area (Å²) in [7, 11) is 0. The molecule has 0 heterocycles. The van der Waals surface area contributed by atoms with Crippen molar-refractivity contribution in [3.63, 3.8) is 0 Å². The molecule has 0 fully saturated rings. The normalized spacial score (nSPS) is 12.9. The van der Waals surface area contributed by atoms with Crippen LogP contribution in [0.15, 0.2) is 60.7 Å². The molecule has 31 heavy (non-hydrogen) atoms. The van der Waals surface area contributed by atoms with Crippen LogP contribution in [-0.4, -0.2) is 44.6 Å². The van der Waals surface area contributed by atoms with Crippen LogP contribution in [0.2, 0.25) is 0 Å². The van der Waals surface area contributed by atoms with Crippen LogP contribution in [0.25, 0.3) is 0 Å². The number of benzene rings is 2. The molecule has 4 N–H and O–H groups in total. The minimum Gasteiger partial charge on any atom is -0.478 e. The lowest BCUT2D eigenvalue weighted by molar-refractivity contribution is -0.0591. The highest BCUT2D eigenvalue weighted by Crippen LogP contribution is 2.28. The number of carboxylic acid groups (broad SMARTS) is 2. The van der Waals surface area contributed by atoms with Gasteiger partial charge in [0.15, 0.2) is 0 Å². The summed E-state index contributed by atoms with van der Waals surface area (Å²) in [6.07, 6.45) is -0.641. The number of aliphatic hydroxyl groups is 2. The molecule has 0 saturated heterocycles. The van der Waals surface area contributed by atoms with E-state index >= 15 is 0 Å². The van der Waals surface area contributed by atoms with Crippen LogP contribution >= 0.6 is 0 Å². The molecular weight excluding hydrogens is 396 g/mol. The summed E-state index contributed by atoms with van der Waals surface area (Å²) in [6.45, 7) is 12.0. The van der Waals surface area contributed by atoms with Gasteiger partial charge in [-0.15, -0.1) is 0 Å². The molecule has 2 rings (SSSR count). The number of hydrogen-bond donors (Lipinski definition) is 4. The van der Waals surface area contributed by atoms with Crippen LogP contribution in [0.4, 0.5) is 0 Å². The van der Waals surface area contributed by atoms with Gasteiger partial charge in [0.25, 0.3) is 0 Å². The van der Waals surface area contributed by atoms with Crippen molar-refractivity contribution in [3.8, 4) is 0 Å². The van der Waals surface area contributed by atoms with Crippen molar-refractivity contribution in [1.82, 2.24) is 0 Å². The number of hydrogen-bond acceptors (Lipinski definition) is 4. The van der Waals surface area contributed by atoms with E-state index in [1.54, 1.807) is 60.7 Å². The van der Waals surface area contributed by atoms with Crippen LogP contribution in [0, 0.1) is 10.8 Å². The summed E-state index contributed by atoms with van der Waals surface area (Å²) < 4.78 is 0. The molecule has 0 aliphatic rings. The second-order valence-electron chi connectivity index (χ2n) is 9.49. The zero-order valence-corrected chi connectivity index (χ0v) is 19.2. The van der Waals surface area contributed by atoms with Gasteiger partial charge >= 0.3 is 11.9 Å². The van der Waals surface area contributed by atoms with E-state index in [0.717, 1.165) is 0 Å². The molecule has 0 aliphatic heterocycles. The summed E-state index contributed by atoms with van der Waals surface area (Å²) in [6, 6.07) is 16.6. The van der Waals surface area contributed by atoms with Gasteiger partial charge in [0.2, 0.25) is 0 Å². The maximum absolute atomic E-state index is 10.2. The molecule has 6 nitrogen and oxygen atoms in total. The summed E-state index contributed by atoms with van der Waals surface area (Å²) in [4.78, 5) is 20.4. The SMILES string of the molecule is CC(C)(C)CC(O)C(O)C(C)(C)C.O=C(O)c1ccccc1.O=C(O)c1ccccc1. The molecule has 0 spiro atoms. The van der Waals surface area contributed by atoms with Gasteiger partial charge in [-0.25, -0.2) is 9.59 Å². The second-order valence-corrected chi connectivity index (χ2v) is 9.49. The lowest BCUT2D eigenvalue weighted by Crippen LogP contribution is -2.39. The van der Waals surface area contributed by atoms with Crippen molar-refractivity contribution in [2.24, 2.45) is 10.8 Å². The number of aromatic carboxylic acids is 2. The Morgan fingerprint density at radius 2 is 1.03 bits per heavy atom. The number of rotatable bonds is 4. The first-order valence-corrected chi connectivity index (χ1v) is 10.1. The van der Waals surface area contributed by atoms with E-state index in [2.05, 4.69) is 20.8 Å². The topological polar surface area (TPSA) is 115 Å². The first kappa shape index (κ1) is 28.3. The molecule has 0 aliphatic carbocycles. The average molecular weight is 433 g/mol. The fourth-order valence-electron chi connectivity index (χ4n) is 2.48. The minimum absolute atomic E-state index is 0.0612. The van der Waals surface area contributed by atoms with Gasteiger partial charge in [0, 0.05) is 0 Å². The third-order valence-corrected chi connectivity index (χ3v) is 4.11. The van der Waals surface area contributed by atoms with Gasteiger partial charge in [-0.2, -0.15) is 0 Å². The maximum atomic E-state index is 10.2. The zero-order chi connectivity index (χ0) is 24.2. The Balaban J connectivity index is 0.000000445. The fourth-order valence-corrected chi connectivity index (χ4v) is 2.48. The Bertz CT molecular complexity index is 724. The Morgan fingerprint density at radius 3 is 1.23 bits per heavy atom. The zero-order valence-electron chi connectivity index (χ0n) is 19.2. The molecule has 2 aromatic carbocycles. The molecular formula is C25H36O6. The lowest BCUT2D eigenvalue weighted by Gasteiger charge is -2.33. The predicted molar refractivity (Wildman–Crippen MR) is 122 cm³/mol. The highest BCUT2D eigenvalue weighted by atomic mass is 16.4. The third kappa shape index (κ3) is 13.3. The van der Waals surface area contributed by atoms with Crippen LogP contribution in [0.1, 0.15) is 68.7 Å². The van der Waals surface area contributed by atoms with Crippen molar-refractivity contribution in [1.29, 1.82) is 0 Å². The molecule has 0 aromatic heterocycles. The van der Waals surface area contributed by atoms with E-state index in [4.69, 9.17) is 10.2 Å². The van der Waals surface area contributed by atoms with E-state index in [9.17, 15) is 19.8 Å². The standard InChI is InChI=1S/C11H24O2.2C7H6O2/c1-10(2,3)7-8(12)9(13)11(4,5)6;2*8-7(9)6-4-2-1-3-5-6/h8-9,12-13H,7H2,1-6H3;2*1-5H,(H,8,9). The van der Waals surface area contributed by atoms with Gasteiger partial charge in [-0.1, -0.05) is 77.9 Å². The quantitative estimate of drug-likeness (QED) is 0.543. The maximum Gasteiger partial charge on any atom is 0.335 e. The average Bonchev–Trinajstić information content (AvgIpc) is 2.67. The second kappa shape index (κ2) is 12.9. The van der Waals surface area contributed by atoms with Crippen molar-refractivity contribution in [2.75, 3.05) is 0 Å². The number of carbonyl (C=O) groups is 2. The monoisotopic (exact) mass is 432 g/mol. The van der Waals surface area contributed by atoms with Crippen LogP contribution < -0.4 is 0 Å². The molecule has 2 aromatic rings. The number of aliphatic hydroxyl groups excluding tert-OH is 2. The van der Waals surface area contributed by atoms with E-state index in [1.807, 2.05) is 20.8 Å². The van der Waals surface area contributed by atoms with Gasteiger partial charge < -0.3 is 20.4 Å². The summed E-state index contributed by atoms with van der Waals surface area (Å²) in [5.41, 5.74) is 0.478. The molecule has 0 saturated carbocycles. The van der Waals surface area contributed by atoms with Crippen molar-refractivity contribution in [2.45, 2.75) is 60.2 Å². The van der Waals surface area contributed by atoms with Crippen LogP contribution in [0.3, 0.4) is 0 Å². The van der Waals surface area contributed by atoms with Crippen molar-refractivity contribution >= 4 is 11.9 Å². The smallest absolute Gasteiger partial charge is 0.335 e. The first-order valence-electron chi connectivity index (χ1n) is 10.1. The van der Waals surface area contributed by atoms with Gasteiger partial charge in [0.1, 0.15) is 0 Å². The largest absolute Gasteiger partial charge is 0.478 e. The fraction of sp³-hybridized carbons (Fsp3) is 0.440. The molecule has 6 heteroatoms. The van der Waals surface area contributed by atoms with E-state index in [0.29, 0.717) is 17.5 Å². The molecule has 2 atom stereocenters. The Kier molecular flexibility index (Phi) is 11.8. The van der Waals surface area contributed by atoms with Gasteiger partial charge in [-0.05, 0) is 41.5 Å². The van der Waals surface area contributed by atoms with Crippen LogP contribution in [0.5, 0.6) is 0 Å². The number of carboxylic acids is 2. The van der Waals surface area contributed by atoms with E-state index in [1.165, 1.54) is 0 Å². The molecule has 172 valence electrons. The predicted octanol–water partition coefficient (Wildman–Crippen LogP) is 4.96.